The molecule has 0 aromatic carbocycles. The Bertz CT molecular complexity index is 510. The summed E-state index contributed by atoms with van der Waals surface area (Å²) in [6.45, 7) is 0.688. The van der Waals surface area contributed by atoms with Gasteiger partial charge in [0.05, 0.1) is 18.5 Å². The molecule has 4 nitrogen and oxygen atoms in total. The molecule has 2 aromatic heterocycles. The lowest BCUT2D eigenvalue weighted by atomic mass is 10.3. The van der Waals surface area contributed by atoms with Crippen molar-refractivity contribution in [3.63, 3.8) is 0 Å². The summed E-state index contributed by atoms with van der Waals surface area (Å²) in [5.74, 6) is 0.904. The summed E-state index contributed by atoms with van der Waals surface area (Å²) in [4.78, 5) is 6.45. The molecular formula is C12H13N3OS. The lowest BCUT2D eigenvalue weighted by Gasteiger charge is -2.18. The van der Waals surface area contributed by atoms with Crippen LogP contribution >= 0.6 is 12.2 Å². The van der Waals surface area contributed by atoms with Crippen molar-refractivity contribution >= 4 is 22.9 Å². The lowest BCUT2D eigenvalue weighted by molar-refractivity contribution is 0.507. The lowest BCUT2D eigenvalue weighted by Crippen LogP contribution is -2.18. The summed E-state index contributed by atoms with van der Waals surface area (Å²) in [5.41, 5.74) is 7.18. The fourth-order valence-electron chi connectivity index (χ4n) is 1.52. The van der Waals surface area contributed by atoms with Gasteiger partial charge in [-0.2, -0.15) is 0 Å². The fraction of sp³-hybridized carbons (Fsp3) is 0.167. The van der Waals surface area contributed by atoms with Crippen molar-refractivity contribution in [3.05, 3.63) is 48.2 Å². The zero-order chi connectivity index (χ0) is 12.3. The maximum atomic E-state index is 5.55. The predicted molar refractivity (Wildman–Crippen MR) is 70.9 cm³/mol. The van der Waals surface area contributed by atoms with Crippen molar-refractivity contribution in [2.24, 2.45) is 5.73 Å². The van der Waals surface area contributed by atoms with Crippen LogP contribution in [0.15, 0.2) is 41.1 Å². The van der Waals surface area contributed by atoms with Gasteiger partial charge in [-0.1, -0.05) is 12.2 Å². The first-order valence-electron chi connectivity index (χ1n) is 5.16. The maximum Gasteiger partial charge on any atom is 0.123 e. The Labute approximate surface area is 105 Å². The Balaban J connectivity index is 2.16. The van der Waals surface area contributed by atoms with Crippen molar-refractivity contribution in [1.82, 2.24) is 4.98 Å². The first-order valence-corrected chi connectivity index (χ1v) is 5.57. The zero-order valence-electron chi connectivity index (χ0n) is 9.46. The Kier molecular flexibility index (Phi) is 3.39. The van der Waals surface area contributed by atoms with Gasteiger partial charge in [0, 0.05) is 18.9 Å². The molecule has 0 unspecified atom stereocenters. The van der Waals surface area contributed by atoms with E-state index in [1.54, 1.807) is 12.5 Å². The molecule has 2 rings (SSSR count). The summed E-state index contributed by atoms with van der Waals surface area (Å²) in [6, 6.07) is 7.58. The standard InChI is InChI=1S/C12H13N3OS/c1-15(8-10-3-2-6-16-10)9-4-5-14-11(7-9)12(13)17/h2-7H,8H2,1H3,(H2,13,17). The molecular weight excluding hydrogens is 234 g/mol. The van der Waals surface area contributed by atoms with Crippen molar-refractivity contribution in [3.8, 4) is 0 Å². The summed E-state index contributed by atoms with van der Waals surface area (Å²) in [6.07, 6.45) is 3.36. The van der Waals surface area contributed by atoms with Gasteiger partial charge in [0.15, 0.2) is 0 Å². The van der Waals surface area contributed by atoms with Crippen LogP contribution in [0.2, 0.25) is 0 Å². The highest BCUT2D eigenvalue weighted by Gasteiger charge is 2.06. The van der Waals surface area contributed by atoms with Crippen LogP contribution in [0.5, 0.6) is 0 Å². The van der Waals surface area contributed by atoms with Crippen LogP contribution in [0.4, 0.5) is 5.69 Å². The number of pyridine rings is 1. The fourth-order valence-corrected chi connectivity index (χ4v) is 1.63. The van der Waals surface area contributed by atoms with Crippen molar-refractivity contribution in [2.45, 2.75) is 6.54 Å². The highest BCUT2D eigenvalue weighted by Crippen LogP contribution is 2.16. The Morgan fingerprint density at radius 3 is 3.00 bits per heavy atom. The Morgan fingerprint density at radius 1 is 1.53 bits per heavy atom. The van der Waals surface area contributed by atoms with Crippen molar-refractivity contribution < 1.29 is 4.42 Å². The number of aromatic nitrogens is 1. The summed E-state index contributed by atoms with van der Waals surface area (Å²) < 4.78 is 5.30. The molecule has 0 saturated carbocycles. The van der Waals surface area contributed by atoms with Crippen LogP contribution in [-0.4, -0.2) is 17.0 Å². The molecule has 0 aliphatic carbocycles. The van der Waals surface area contributed by atoms with Crippen LogP contribution in [0.1, 0.15) is 11.5 Å². The van der Waals surface area contributed by atoms with E-state index in [-0.39, 0.29) is 0 Å². The molecule has 0 saturated heterocycles. The molecule has 2 N–H and O–H groups in total. The zero-order valence-corrected chi connectivity index (χ0v) is 10.3. The summed E-state index contributed by atoms with van der Waals surface area (Å²) >= 11 is 4.90. The molecule has 0 aliphatic heterocycles. The molecule has 5 heteroatoms. The molecule has 0 amide bonds. The number of rotatable bonds is 4. The third-order valence-electron chi connectivity index (χ3n) is 2.41. The first kappa shape index (κ1) is 11.6. The van der Waals surface area contributed by atoms with Gasteiger partial charge >= 0.3 is 0 Å². The van der Waals surface area contributed by atoms with Gasteiger partial charge in [-0.05, 0) is 24.3 Å². The Morgan fingerprint density at radius 2 is 2.35 bits per heavy atom. The molecule has 0 bridgehead atoms. The first-order chi connectivity index (χ1) is 8.16. The predicted octanol–water partition coefficient (Wildman–Crippen LogP) is 1.95. The minimum Gasteiger partial charge on any atom is -0.467 e. The second kappa shape index (κ2) is 4.97. The quantitative estimate of drug-likeness (QED) is 0.837. The van der Waals surface area contributed by atoms with Gasteiger partial charge in [0.1, 0.15) is 10.7 Å². The summed E-state index contributed by atoms with van der Waals surface area (Å²) in [5, 5.41) is 0. The maximum absolute atomic E-state index is 5.55. The van der Waals surface area contributed by atoms with E-state index in [4.69, 9.17) is 22.4 Å². The molecule has 2 aromatic rings. The number of furan rings is 1. The highest BCUT2D eigenvalue weighted by atomic mass is 32.1. The van der Waals surface area contributed by atoms with E-state index in [0.29, 0.717) is 17.2 Å². The van der Waals surface area contributed by atoms with Crippen LogP contribution in [0, 0.1) is 0 Å². The Hall–Kier alpha value is -1.88. The second-order valence-corrected chi connectivity index (χ2v) is 4.14. The average Bonchev–Trinajstić information content (AvgIpc) is 2.82. The number of hydrogen-bond donors (Lipinski definition) is 1. The molecule has 0 aliphatic rings. The number of anilines is 1. The van der Waals surface area contributed by atoms with Gasteiger partial charge in [-0.3, -0.25) is 4.98 Å². The average molecular weight is 247 g/mol. The molecule has 2 heterocycles. The van der Waals surface area contributed by atoms with Gasteiger partial charge in [-0.25, -0.2) is 0 Å². The van der Waals surface area contributed by atoms with Crippen LogP contribution in [0.3, 0.4) is 0 Å². The monoisotopic (exact) mass is 247 g/mol. The van der Waals surface area contributed by atoms with E-state index in [1.165, 1.54) is 0 Å². The van der Waals surface area contributed by atoms with Crippen LogP contribution in [0.25, 0.3) is 0 Å². The number of thiocarbonyl (C=S) groups is 1. The van der Waals surface area contributed by atoms with Crippen molar-refractivity contribution in [1.29, 1.82) is 0 Å². The second-order valence-electron chi connectivity index (χ2n) is 3.70. The smallest absolute Gasteiger partial charge is 0.123 e. The van der Waals surface area contributed by atoms with Gasteiger partial charge in [0.2, 0.25) is 0 Å². The molecule has 0 atom stereocenters. The van der Waals surface area contributed by atoms with E-state index >= 15 is 0 Å². The minimum atomic E-state index is 0.304. The topological polar surface area (TPSA) is 55.3 Å². The van der Waals surface area contributed by atoms with E-state index in [9.17, 15) is 0 Å². The highest BCUT2D eigenvalue weighted by molar-refractivity contribution is 7.80. The minimum absolute atomic E-state index is 0.304. The third kappa shape index (κ3) is 2.82. The number of hydrogen-bond acceptors (Lipinski definition) is 4. The molecule has 0 spiro atoms. The molecule has 0 radical (unpaired) electrons. The summed E-state index contributed by atoms with van der Waals surface area (Å²) in [7, 11) is 1.97. The molecule has 17 heavy (non-hydrogen) atoms. The third-order valence-corrected chi connectivity index (χ3v) is 2.62. The molecule has 0 fully saturated rings. The normalized spacial score (nSPS) is 10.2. The van der Waals surface area contributed by atoms with Crippen molar-refractivity contribution in [2.75, 3.05) is 11.9 Å². The van der Waals surface area contributed by atoms with Crippen LogP contribution in [-0.2, 0) is 6.54 Å². The van der Waals surface area contributed by atoms with E-state index in [1.807, 2.05) is 36.2 Å². The molecule has 88 valence electrons. The van der Waals surface area contributed by atoms with Gasteiger partial charge in [-0.15, -0.1) is 0 Å². The van der Waals surface area contributed by atoms with E-state index < -0.39 is 0 Å². The van der Waals surface area contributed by atoms with Gasteiger partial charge in [0.25, 0.3) is 0 Å². The van der Waals surface area contributed by atoms with E-state index in [0.717, 1.165) is 11.4 Å². The van der Waals surface area contributed by atoms with Gasteiger partial charge < -0.3 is 15.1 Å². The number of nitrogens with zero attached hydrogens (tertiary/aromatic N) is 2. The number of nitrogens with two attached hydrogens (primary N) is 1. The van der Waals surface area contributed by atoms with Crippen LogP contribution < -0.4 is 10.6 Å². The SMILES string of the molecule is CN(Cc1ccco1)c1ccnc(C(N)=S)c1. The van der Waals surface area contributed by atoms with E-state index in [2.05, 4.69) is 4.98 Å². The largest absolute Gasteiger partial charge is 0.467 e.